The maximum absolute atomic E-state index is 6.18. The van der Waals surface area contributed by atoms with Gasteiger partial charge in [-0.2, -0.15) is 5.10 Å². The van der Waals surface area contributed by atoms with Crippen LogP contribution in [0.1, 0.15) is 31.0 Å². The number of nitrogens with zero attached hydrogens (tertiary/aromatic N) is 2. The first kappa shape index (κ1) is 14.1. The van der Waals surface area contributed by atoms with Gasteiger partial charge in [0.1, 0.15) is 6.33 Å². The molecular weight excluding hydrogens is 256 g/mol. The van der Waals surface area contributed by atoms with Crippen molar-refractivity contribution in [1.82, 2.24) is 15.2 Å². The van der Waals surface area contributed by atoms with Gasteiger partial charge >= 0.3 is 0 Å². The summed E-state index contributed by atoms with van der Waals surface area (Å²) >= 11 is 1.59. The quantitative estimate of drug-likeness (QED) is 0.796. The number of thioether (sulfide) groups is 1. The highest BCUT2D eigenvalue weighted by atomic mass is 32.2. The van der Waals surface area contributed by atoms with Crippen molar-refractivity contribution in [3.8, 4) is 0 Å². The molecule has 0 saturated heterocycles. The van der Waals surface area contributed by atoms with Crippen LogP contribution in [0.5, 0.6) is 0 Å². The van der Waals surface area contributed by atoms with E-state index in [4.69, 9.17) is 5.73 Å². The maximum Gasteiger partial charge on any atom is 0.183 e. The van der Waals surface area contributed by atoms with Gasteiger partial charge in [0.25, 0.3) is 0 Å². The van der Waals surface area contributed by atoms with Crippen LogP contribution in [0, 0.1) is 5.92 Å². The average molecular weight is 276 g/mol. The molecule has 1 aromatic heterocycles. The normalized spacial score (nSPS) is 12.8. The summed E-state index contributed by atoms with van der Waals surface area (Å²) in [6.45, 7) is 4.46. The van der Waals surface area contributed by atoms with Gasteiger partial charge in [-0.05, 0) is 23.5 Å². The summed E-state index contributed by atoms with van der Waals surface area (Å²) in [5.41, 5.74) is 8.72. The predicted octanol–water partition coefficient (Wildman–Crippen LogP) is 2.80. The molecule has 3 N–H and O–H groups in total. The summed E-state index contributed by atoms with van der Waals surface area (Å²) in [6.07, 6.45) is 2.62. The summed E-state index contributed by atoms with van der Waals surface area (Å²) in [4.78, 5) is 4.07. The Morgan fingerprint density at radius 1 is 1.26 bits per heavy atom. The Hall–Kier alpha value is -1.33. The fourth-order valence-electron chi connectivity index (χ4n) is 1.90. The highest BCUT2D eigenvalue weighted by molar-refractivity contribution is 7.99. The minimum absolute atomic E-state index is 0.0169. The Morgan fingerprint density at radius 2 is 2.00 bits per heavy atom. The first-order chi connectivity index (χ1) is 9.15. The highest BCUT2D eigenvalue weighted by Gasteiger charge is 2.08. The number of H-pyrrole nitrogens is 1. The minimum atomic E-state index is 0.0169. The lowest BCUT2D eigenvalue weighted by molar-refractivity contribution is 0.647. The molecule has 0 aliphatic carbocycles. The monoisotopic (exact) mass is 276 g/mol. The Balaban J connectivity index is 1.90. The molecule has 0 aliphatic heterocycles. The molecule has 0 aliphatic rings. The molecule has 0 radical (unpaired) electrons. The number of nitrogens with two attached hydrogens (primary N) is 1. The summed E-state index contributed by atoms with van der Waals surface area (Å²) in [6, 6.07) is 8.62. The van der Waals surface area contributed by atoms with Gasteiger partial charge in [0.2, 0.25) is 0 Å². The van der Waals surface area contributed by atoms with E-state index in [1.165, 1.54) is 17.5 Å². The van der Waals surface area contributed by atoms with Gasteiger partial charge in [-0.1, -0.05) is 49.9 Å². The van der Waals surface area contributed by atoms with Gasteiger partial charge in [0, 0.05) is 11.8 Å². The van der Waals surface area contributed by atoms with E-state index in [-0.39, 0.29) is 6.04 Å². The molecule has 1 atom stereocenters. The van der Waals surface area contributed by atoms with Gasteiger partial charge in [-0.25, -0.2) is 4.98 Å². The predicted molar refractivity (Wildman–Crippen MR) is 79.0 cm³/mol. The average Bonchev–Trinajstić information content (AvgIpc) is 2.89. The zero-order valence-electron chi connectivity index (χ0n) is 11.3. The van der Waals surface area contributed by atoms with Crippen LogP contribution in [0.4, 0.5) is 0 Å². The van der Waals surface area contributed by atoms with Crippen molar-refractivity contribution < 1.29 is 0 Å². The first-order valence-corrected chi connectivity index (χ1v) is 7.46. The Bertz CT molecular complexity index is 479. The number of aromatic nitrogens is 3. The molecule has 1 aromatic carbocycles. The van der Waals surface area contributed by atoms with Crippen LogP contribution in [0.25, 0.3) is 0 Å². The number of aromatic amines is 1. The summed E-state index contributed by atoms with van der Waals surface area (Å²) in [5.74, 6) is 1.47. The van der Waals surface area contributed by atoms with Crippen molar-refractivity contribution in [2.75, 3.05) is 5.75 Å². The molecule has 0 saturated carbocycles. The van der Waals surface area contributed by atoms with Crippen LogP contribution in [0.2, 0.25) is 0 Å². The zero-order chi connectivity index (χ0) is 13.7. The Labute approximate surface area is 118 Å². The van der Waals surface area contributed by atoms with E-state index in [9.17, 15) is 0 Å². The van der Waals surface area contributed by atoms with Crippen molar-refractivity contribution in [2.24, 2.45) is 11.7 Å². The van der Waals surface area contributed by atoms with Crippen LogP contribution in [0.15, 0.2) is 35.7 Å². The van der Waals surface area contributed by atoms with Crippen LogP contribution in [-0.4, -0.2) is 20.9 Å². The fraction of sp³-hybridized carbons (Fsp3) is 0.429. The van der Waals surface area contributed by atoms with E-state index in [1.54, 1.807) is 11.8 Å². The minimum Gasteiger partial charge on any atom is -0.323 e. The molecule has 0 amide bonds. The zero-order valence-corrected chi connectivity index (χ0v) is 12.2. The third kappa shape index (κ3) is 4.36. The molecule has 4 nitrogen and oxygen atoms in total. The second-order valence-electron chi connectivity index (χ2n) is 5.05. The highest BCUT2D eigenvalue weighted by Crippen LogP contribution is 2.21. The number of rotatable bonds is 6. The van der Waals surface area contributed by atoms with E-state index < -0.39 is 0 Å². The second-order valence-corrected chi connectivity index (χ2v) is 6.06. The molecule has 0 spiro atoms. The largest absolute Gasteiger partial charge is 0.323 e. The van der Waals surface area contributed by atoms with Gasteiger partial charge in [-0.15, -0.1) is 0 Å². The number of benzene rings is 1. The molecule has 2 aromatic rings. The molecule has 0 bridgehead atoms. The fourth-order valence-corrected chi connectivity index (χ4v) is 2.67. The Morgan fingerprint density at radius 3 is 2.58 bits per heavy atom. The SMILES string of the molecule is CC(C)Cc1ccc(C(N)CSc2ncn[nH]2)cc1. The molecule has 2 rings (SSSR count). The molecule has 102 valence electrons. The molecule has 1 heterocycles. The van der Waals surface area contributed by atoms with E-state index >= 15 is 0 Å². The summed E-state index contributed by atoms with van der Waals surface area (Å²) in [7, 11) is 0. The topological polar surface area (TPSA) is 67.6 Å². The third-order valence-corrected chi connectivity index (χ3v) is 3.84. The first-order valence-electron chi connectivity index (χ1n) is 6.47. The number of nitrogens with one attached hydrogen (secondary N) is 1. The van der Waals surface area contributed by atoms with E-state index in [0.29, 0.717) is 5.92 Å². The molecular formula is C14H20N4S. The number of hydrogen-bond donors (Lipinski definition) is 2. The third-order valence-electron chi connectivity index (χ3n) is 2.84. The van der Waals surface area contributed by atoms with Crippen LogP contribution >= 0.6 is 11.8 Å². The van der Waals surface area contributed by atoms with Crippen LogP contribution in [-0.2, 0) is 6.42 Å². The maximum atomic E-state index is 6.18. The van der Waals surface area contributed by atoms with E-state index in [2.05, 4.69) is 53.3 Å². The van der Waals surface area contributed by atoms with E-state index in [0.717, 1.165) is 17.3 Å². The molecule has 19 heavy (non-hydrogen) atoms. The van der Waals surface area contributed by atoms with Crippen molar-refractivity contribution in [3.05, 3.63) is 41.7 Å². The lowest BCUT2D eigenvalue weighted by atomic mass is 10.0. The van der Waals surface area contributed by atoms with Gasteiger partial charge in [-0.3, -0.25) is 5.10 Å². The number of hydrogen-bond acceptors (Lipinski definition) is 4. The van der Waals surface area contributed by atoms with Crippen molar-refractivity contribution in [3.63, 3.8) is 0 Å². The van der Waals surface area contributed by atoms with Gasteiger partial charge in [0.15, 0.2) is 5.16 Å². The lowest BCUT2D eigenvalue weighted by Crippen LogP contribution is -2.13. The lowest BCUT2D eigenvalue weighted by Gasteiger charge is -2.12. The summed E-state index contributed by atoms with van der Waals surface area (Å²) in [5, 5.41) is 7.45. The Kier molecular flexibility index (Phi) is 4.99. The molecule has 0 fully saturated rings. The van der Waals surface area contributed by atoms with Crippen LogP contribution in [0.3, 0.4) is 0 Å². The van der Waals surface area contributed by atoms with Crippen LogP contribution < -0.4 is 5.73 Å². The van der Waals surface area contributed by atoms with E-state index in [1.807, 2.05) is 0 Å². The smallest absolute Gasteiger partial charge is 0.183 e. The standard InChI is InChI=1S/C14H20N4S/c1-10(2)7-11-3-5-12(6-4-11)13(15)8-19-14-16-9-17-18-14/h3-6,9-10,13H,7-8,15H2,1-2H3,(H,16,17,18). The van der Waals surface area contributed by atoms with Crippen molar-refractivity contribution in [1.29, 1.82) is 0 Å². The second kappa shape index (κ2) is 6.73. The summed E-state index contributed by atoms with van der Waals surface area (Å²) < 4.78 is 0. The molecule has 1 unspecified atom stereocenters. The van der Waals surface area contributed by atoms with Gasteiger partial charge in [0.05, 0.1) is 0 Å². The van der Waals surface area contributed by atoms with Crippen molar-refractivity contribution >= 4 is 11.8 Å². The molecule has 5 heteroatoms. The van der Waals surface area contributed by atoms with Crippen molar-refractivity contribution in [2.45, 2.75) is 31.5 Å². The van der Waals surface area contributed by atoms with Gasteiger partial charge < -0.3 is 5.73 Å².